The normalized spacial score (nSPS) is 34.4. The maximum Gasteiger partial charge on any atom is 0.319 e. The SMILES string of the molecule is COc1ccc(C(C)(C)[C@@H]2CC[C@@H](C)C[C@H]2OC(=O)[C@@H]2S[C@H]3C=C[C@@H]2C3)cc1. The van der Waals surface area contributed by atoms with Crippen molar-refractivity contribution in [1.29, 1.82) is 0 Å². The molecule has 4 heteroatoms. The van der Waals surface area contributed by atoms with Crippen LogP contribution in [0.1, 0.15) is 52.0 Å². The number of allylic oxidation sites excluding steroid dienone is 1. The minimum absolute atomic E-state index is 0.00272. The Morgan fingerprint density at radius 1 is 1.11 bits per heavy atom. The van der Waals surface area contributed by atoms with Gasteiger partial charge in [0.2, 0.25) is 0 Å². The van der Waals surface area contributed by atoms with Gasteiger partial charge in [0.15, 0.2) is 0 Å². The second-order valence-corrected chi connectivity index (χ2v) is 10.7. The summed E-state index contributed by atoms with van der Waals surface area (Å²) < 4.78 is 11.6. The van der Waals surface area contributed by atoms with Crippen LogP contribution in [0.5, 0.6) is 5.75 Å². The highest BCUT2D eigenvalue weighted by atomic mass is 32.2. The summed E-state index contributed by atoms with van der Waals surface area (Å²) in [5, 5.41) is 0.511. The Bertz CT molecular complexity index is 739. The largest absolute Gasteiger partial charge is 0.497 e. The molecule has 28 heavy (non-hydrogen) atoms. The van der Waals surface area contributed by atoms with Crippen molar-refractivity contribution >= 4 is 17.7 Å². The van der Waals surface area contributed by atoms with Crippen LogP contribution in [0.3, 0.4) is 0 Å². The molecule has 1 saturated heterocycles. The number of methoxy groups -OCH3 is 1. The minimum Gasteiger partial charge on any atom is -0.497 e. The van der Waals surface area contributed by atoms with E-state index in [4.69, 9.17) is 9.47 Å². The van der Waals surface area contributed by atoms with Gasteiger partial charge < -0.3 is 9.47 Å². The Morgan fingerprint density at radius 2 is 1.86 bits per heavy atom. The zero-order valence-corrected chi connectivity index (χ0v) is 18.2. The van der Waals surface area contributed by atoms with Crippen LogP contribution in [0.25, 0.3) is 0 Å². The lowest BCUT2D eigenvalue weighted by Crippen LogP contribution is -2.44. The van der Waals surface area contributed by atoms with E-state index in [1.807, 2.05) is 12.1 Å². The molecule has 0 N–H and O–H groups in total. The van der Waals surface area contributed by atoms with Gasteiger partial charge in [-0.2, -0.15) is 0 Å². The minimum atomic E-state index is -0.0565. The van der Waals surface area contributed by atoms with Crippen molar-refractivity contribution in [1.82, 2.24) is 0 Å². The third kappa shape index (κ3) is 3.72. The molecule has 1 aromatic rings. The molecule has 2 bridgehead atoms. The average Bonchev–Trinajstić information content (AvgIpc) is 3.31. The average molecular weight is 401 g/mol. The van der Waals surface area contributed by atoms with E-state index in [1.165, 1.54) is 12.0 Å². The van der Waals surface area contributed by atoms with E-state index in [9.17, 15) is 4.79 Å². The van der Waals surface area contributed by atoms with Gasteiger partial charge in [-0.1, -0.05) is 51.5 Å². The Hall–Kier alpha value is -1.42. The fraction of sp³-hybridized carbons (Fsp3) is 0.625. The summed E-state index contributed by atoms with van der Waals surface area (Å²) >= 11 is 1.79. The number of fused-ring (bicyclic) bond motifs is 2. The molecular weight excluding hydrogens is 368 g/mol. The molecule has 3 nitrogen and oxygen atoms in total. The van der Waals surface area contributed by atoms with E-state index in [0.29, 0.717) is 23.0 Å². The number of esters is 1. The molecule has 0 spiro atoms. The van der Waals surface area contributed by atoms with E-state index in [2.05, 4.69) is 45.1 Å². The lowest BCUT2D eigenvalue weighted by Gasteiger charge is -2.44. The molecule has 1 aliphatic heterocycles. The lowest BCUT2D eigenvalue weighted by molar-refractivity contribution is -0.156. The molecule has 0 amide bonds. The topological polar surface area (TPSA) is 35.5 Å². The maximum absolute atomic E-state index is 13.0. The van der Waals surface area contributed by atoms with Gasteiger partial charge in [0.25, 0.3) is 0 Å². The van der Waals surface area contributed by atoms with Crippen molar-refractivity contribution in [3.05, 3.63) is 42.0 Å². The molecule has 3 aliphatic rings. The summed E-state index contributed by atoms with van der Waals surface area (Å²) in [4.78, 5) is 13.0. The van der Waals surface area contributed by atoms with Crippen LogP contribution in [-0.2, 0) is 14.9 Å². The van der Waals surface area contributed by atoms with Crippen molar-refractivity contribution in [2.75, 3.05) is 7.11 Å². The first kappa shape index (κ1) is 19.9. The Labute approximate surface area is 173 Å². The molecule has 4 rings (SSSR count). The zero-order valence-electron chi connectivity index (χ0n) is 17.4. The Morgan fingerprint density at radius 3 is 2.46 bits per heavy atom. The lowest BCUT2D eigenvalue weighted by atomic mass is 9.64. The van der Waals surface area contributed by atoms with Crippen molar-refractivity contribution in [3.63, 3.8) is 0 Å². The van der Waals surface area contributed by atoms with Gasteiger partial charge in [0.1, 0.15) is 17.1 Å². The quantitative estimate of drug-likeness (QED) is 0.491. The molecule has 2 fully saturated rings. The maximum atomic E-state index is 13.0. The first-order valence-electron chi connectivity index (χ1n) is 10.6. The summed E-state index contributed by atoms with van der Waals surface area (Å²) in [5.41, 5.74) is 1.23. The van der Waals surface area contributed by atoms with E-state index in [-0.39, 0.29) is 22.7 Å². The summed E-state index contributed by atoms with van der Waals surface area (Å²) in [5.74, 6) is 2.20. The molecule has 1 saturated carbocycles. The van der Waals surface area contributed by atoms with Crippen LogP contribution in [0, 0.1) is 17.8 Å². The summed E-state index contributed by atoms with van der Waals surface area (Å²) in [7, 11) is 1.70. The smallest absolute Gasteiger partial charge is 0.319 e. The molecule has 6 atom stereocenters. The standard InChI is InChI=1S/C24H32O3S/c1-15-5-12-20(24(2,3)17-7-9-18(26-4)10-8-17)21(13-15)27-23(25)22-16-6-11-19(14-16)28-22/h6-11,15-16,19-22H,5,12-14H2,1-4H3/t15-,16-,19+,20-,21-,22-/m1/s1. The number of hydrogen-bond donors (Lipinski definition) is 0. The fourth-order valence-electron chi connectivity index (χ4n) is 5.27. The number of hydrogen-bond acceptors (Lipinski definition) is 4. The monoisotopic (exact) mass is 400 g/mol. The van der Waals surface area contributed by atoms with Crippen LogP contribution in [0.2, 0.25) is 0 Å². The van der Waals surface area contributed by atoms with Crippen LogP contribution < -0.4 is 4.74 Å². The molecule has 2 aliphatic carbocycles. The highest BCUT2D eigenvalue weighted by Gasteiger charge is 2.46. The number of ether oxygens (including phenoxy) is 2. The number of thioether (sulfide) groups is 1. The number of carbonyl (C=O) groups is 1. The Balaban J connectivity index is 1.51. The van der Waals surface area contributed by atoms with Gasteiger partial charge in [-0.15, -0.1) is 11.8 Å². The highest BCUT2D eigenvalue weighted by Crippen LogP contribution is 2.47. The second-order valence-electron chi connectivity index (χ2n) is 9.33. The predicted octanol–water partition coefficient (Wildman–Crippen LogP) is 5.38. The van der Waals surface area contributed by atoms with Gasteiger partial charge in [0, 0.05) is 17.1 Å². The molecule has 0 radical (unpaired) electrons. The van der Waals surface area contributed by atoms with E-state index >= 15 is 0 Å². The summed E-state index contributed by atoms with van der Waals surface area (Å²) in [6, 6.07) is 8.38. The number of benzene rings is 1. The third-order valence-electron chi connectivity index (χ3n) is 7.10. The van der Waals surface area contributed by atoms with Gasteiger partial charge in [0.05, 0.1) is 7.11 Å². The first-order chi connectivity index (χ1) is 13.4. The number of carbonyl (C=O) groups excluding carboxylic acids is 1. The number of rotatable bonds is 5. The molecule has 152 valence electrons. The van der Waals surface area contributed by atoms with Crippen LogP contribution in [-0.4, -0.2) is 29.7 Å². The first-order valence-corrected chi connectivity index (χ1v) is 11.5. The summed E-state index contributed by atoms with van der Waals surface area (Å²) in [6.07, 6.45) is 8.83. The van der Waals surface area contributed by atoms with E-state index in [1.54, 1.807) is 18.9 Å². The van der Waals surface area contributed by atoms with Gasteiger partial charge in [-0.3, -0.25) is 4.79 Å². The van der Waals surface area contributed by atoms with Gasteiger partial charge in [-0.25, -0.2) is 0 Å². The highest BCUT2D eigenvalue weighted by molar-refractivity contribution is 8.01. The van der Waals surface area contributed by atoms with E-state index in [0.717, 1.165) is 25.0 Å². The molecule has 0 aromatic heterocycles. The zero-order chi connectivity index (χ0) is 19.9. The van der Waals surface area contributed by atoms with Crippen molar-refractivity contribution in [2.45, 2.75) is 68.5 Å². The van der Waals surface area contributed by atoms with E-state index < -0.39 is 0 Å². The fourth-order valence-corrected chi connectivity index (χ4v) is 6.73. The van der Waals surface area contributed by atoms with Crippen molar-refractivity contribution in [2.24, 2.45) is 17.8 Å². The molecular formula is C24H32O3S. The summed E-state index contributed by atoms with van der Waals surface area (Å²) in [6.45, 7) is 6.88. The molecule has 1 aromatic carbocycles. The van der Waals surface area contributed by atoms with Crippen LogP contribution >= 0.6 is 11.8 Å². The van der Waals surface area contributed by atoms with Crippen LogP contribution in [0.15, 0.2) is 36.4 Å². The molecule has 1 heterocycles. The van der Waals surface area contributed by atoms with Crippen molar-refractivity contribution in [3.8, 4) is 5.75 Å². The molecule has 0 unspecified atom stereocenters. The van der Waals surface area contributed by atoms with Gasteiger partial charge >= 0.3 is 5.97 Å². The van der Waals surface area contributed by atoms with Gasteiger partial charge in [-0.05, 0) is 48.3 Å². The second kappa shape index (κ2) is 7.78. The third-order valence-corrected chi connectivity index (χ3v) is 8.64. The van der Waals surface area contributed by atoms with Crippen molar-refractivity contribution < 1.29 is 14.3 Å². The van der Waals surface area contributed by atoms with Crippen LogP contribution in [0.4, 0.5) is 0 Å². The Kier molecular flexibility index (Phi) is 5.52. The predicted molar refractivity (Wildman–Crippen MR) is 115 cm³/mol.